The Morgan fingerprint density at radius 2 is 2.37 bits per heavy atom. The first kappa shape index (κ1) is 13.7. The predicted octanol–water partition coefficient (Wildman–Crippen LogP) is 2.02. The number of rotatable bonds is 5. The molecule has 1 aliphatic rings. The Morgan fingerprint density at radius 3 is 2.95 bits per heavy atom. The van der Waals surface area contributed by atoms with Gasteiger partial charge in [-0.1, -0.05) is 0 Å². The molecule has 0 saturated carbocycles. The van der Waals surface area contributed by atoms with E-state index in [0.717, 1.165) is 19.5 Å². The lowest BCUT2D eigenvalue weighted by Crippen LogP contribution is -2.15. The van der Waals surface area contributed by atoms with Crippen molar-refractivity contribution in [1.29, 1.82) is 0 Å². The second-order valence-corrected chi connectivity index (χ2v) is 5.07. The van der Waals surface area contributed by atoms with Crippen molar-refractivity contribution in [1.82, 2.24) is 9.88 Å². The lowest BCUT2D eigenvalue weighted by Gasteiger charge is -2.11. The van der Waals surface area contributed by atoms with Crippen LogP contribution in [0.5, 0.6) is 5.88 Å². The van der Waals surface area contributed by atoms with Crippen molar-refractivity contribution in [3.63, 3.8) is 0 Å². The molecule has 1 unspecified atom stereocenters. The van der Waals surface area contributed by atoms with Crippen LogP contribution in [-0.2, 0) is 0 Å². The standard InChI is InChI=1S/C13H19N3O3/c1-10-12(16(17)18)3-4-13(14-10)19-8-6-11-5-7-15(2)9-11/h3-4,11H,5-9H2,1-2H3. The molecular weight excluding hydrogens is 246 g/mol. The monoisotopic (exact) mass is 265 g/mol. The number of nitrogens with zero attached hydrogens (tertiary/aromatic N) is 3. The summed E-state index contributed by atoms with van der Waals surface area (Å²) in [5.74, 6) is 1.15. The van der Waals surface area contributed by atoms with Crippen molar-refractivity contribution < 1.29 is 9.66 Å². The largest absolute Gasteiger partial charge is 0.478 e. The van der Waals surface area contributed by atoms with Gasteiger partial charge in [-0.2, -0.15) is 0 Å². The molecule has 6 nitrogen and oxygen atoms in total. The summed E-state index contributed by atoms with van der Waals surface area (Å²) in [4.78, 5) is 16.7. The molecule has 0 aromatic carbocycles. The maximum Gasteiger partial charge on any atom is 0.290 e. The van der Waals surface area contributed by atoms with Crippen molar-refractivity contribution in [3.05, 3.63) is 27.9 Å². The van der Waals surface area contributed by atoms with Gasteiger partial charge in [0, 0.05) is 18.7 Å². The fourth-order valence-electron chi connectivity index (χ4n) is 2.40. The fraction of sp³-hybridized carbons (Fsp3) is 0.615. The number of aromatic nitrogens is 1. The summed E-state index contributed by atoms with van der Waals surface area (Å²) >= 11 is 0. The van der Waals surface area contributed by atoms with Gasteiger partial charge in [0.25, 0.3) is 5.69 Å². The summed E-state index contributed by atoms with van der Waals surface area (Å²) in [7, 11) is 2.13. The summed E-state index contributed by atoms with van der Waals surface area (Å²) in [5.41, 5.74) is 0.424. The molecule has 0 amide bonds. The minimum Gasteiger partial charge on any atom is -0.478 e. The van der Waals surface area contributed by atoms with E-state index in [0.29, 0.717) is 24.1 Å². The van der Waals surface area contributed by atoms with Gasteiger partial charge in [0.1, 0.15) is 5.69 Å². The zero-order valence-corrected chi connectivity index (χ0v) is 11.3. The van der Waals surface area contributed by atoms with Crippen LogP contribution in [-0.4, -0.2) is 41.6 Å². The molecule has 6 heteroatoms. The number of likely N-dealkylation sites (tertiary alicyclic amines) is 1. The summed E-state index contributed by atoms with van der Waals surface area (Å²) in [6.07, 6.45) is 2.22. The van der Waals surface area contributed by atoms with Crippen LogP contribution in [0.15, 0.2) is 12.1 Å². The Kier molecular flexibility index (Phi) is 4.31. The SMILES string of the molecule is Cc1nc(OCCC2CCN(C)C2)ccc1[N+](=O)[O-]. The Morgan fingerprint density at radius 1 is 1.58 bits per heavy atom. The van der Waals surface area contributed by atoms with Crippen LogP contribution in [0, 0.1) is 23.0 Å². The molecule has 1 atom stereocenters. The molecule has 2 rings (SSSR count). The normalized spacial score (nSPS) is 19.6. The summed E-state index contributed by atoms with van der Waals surface area (Å²) in [6.45, 7) is 4.51. The van der Waals surface area contributed by atoms with Crippen molar-refractivity contribution in [3.8, 4) is 5.88 Å². The fourth-order valence-corrected chi connectivity index (χ4v) is 2.40. The zero-order valence-electron chi connectivity index (χ0n) is 11.3. The van der Waals surface area contributed by atoms with Crippen molar-refractivity contribution in [2.45, 2.75) is 19.8 Å². The Hall–Kier alpha value is -1.69. The first-order valence-corrected chi connectivity index (χ1v) is 6.49. The second kappa shape index (κ2) is 5.97. The molecule has 1 saturated heterocycles. The maximum atomic E-state index is 10.7. The number of hydrogen-bond donors (Lipinski definition) is 0. The first-order chi connectivity index (χ1) is 9.06. The molecule has 19 heavy (non-hydrogen) atoms. The maximum absolute atomic E-state index is 10.7. The van der Waals surface area contributed by atoms with Crippen LogP contribution in [0.2, 0.25) is 0 Å². The van der Waals surface area contributed by atoms with Crippen molar-refractivity contribution in [2.75, 3.05) is 26.7 Å². The predicted molar refractivity (Wildman–Crippen MR) is 71.3 cm³/mol. The highest BCUT2D eigenvalue weighted by Crippen LogP contribution is 2.21. The number of nitro groups is 1. The molecule has 0 N–H and O–H groups in total. The summed E-state index contributed by atoms with van der Waals surface area (Å²) in [6, 6.07) is 3.01. The molecular formula is C13H19N3O3. The van der Waals surface area contributed by atoms with E-state index in [-0.39, 0.29) is 5.69 Å². The van der Waals surface area contributed by atoms with Gasteiger partial charge < -0.3 is 9.64 Å². The third-order valence-corrected chi connectivity index (χ3v) is 3.49. The van der Waals surface area contributed by atoms with Gasteiger partial charge >= 0.3 is 0 Å². The zero-order chi connectivity index (χ0) is 13.8. The number of ether oxygens (including phenoxy) is 1. The topological polar surface area (TPSA) is 68.5 Å². The van der Waals surface area contributed by atoms with Gasteiger partial charge in [0.15, 0.2) is 0 Å². The van der Waals surface area contributed by atoms with Crippen LogP contribution in [0.3, 0.4) is 0 Å². The van der Waals surface area contributed by atoms with Gasteiger partial charge in [-0.3, -0.25) is 10.1 Å². The highest BCUT2D eigenvalue weighted by atomic mass is 16.6. The average Bonchev–Trinajstić information content (AvgIpc) is 2.75. The number of pyridine rings is 1. The second-order valence-electron chi connectivity index (χ2n) is 5.07. The average molecular weight is 265 g/mol. The third kappa shape index (κ3) is 3.64. The lowest BCUT2D eigenvalue weighted by atomic mass is 10.1. The van der Waals surface area contributed by atoms with Crippen molar-refractivity contribution >= 4 is 5.69 Å². The van der Waals surface area contributed by atoms with E-state index in [2.05, 4.69) is 16.9 Å². The highest BCUT2D eigenvalue weighted by molar-refractivity contribution is 5.36. The van der Waals surface area contributed by atoms with E-state index in [1.54, 1.807) is 13.0 Å². The van der Waals surface area contributed by atoms with E-state index in [1.807, 2.05) is 0 Å². The van der Waals surface area contributed by atoms with E-state index in [4.69, 9.17) is 4.74 Å². The van der Waals surface area contributed by atoms with Crippen molar-refractivity contribution in [2.24, 2.45) is 5.92 Å². The lowest BCUT2D eigenvalue weighted by molar-refractivity contribution is -0.385. The summed E-state index contributed by atoms with van der Waals surface area (Å²) in [5, 5.41) is 10.7. The molecule has 1 aromatic rings. The molecule has 0 aliphatic carbocycles. The third-order valence-electron chi connectivity index (χ3n) is 3.49. The molecule has 104 valence electrons. The van der Waals surface area contributed by atoms with E-state index in [9.17, 15) is 10.1 Å². The minimum absolute atomic E-state index is 0.0322. The van der Waals surface area contributed by atoms with Crippen LogP contribution in [0.1, 0.15) is 18.5 Å². The van der Waals surface area contributed by atoms with Crippen LogP contribution in [0.4, 0.5) is 5.69 Å². The molecule has 0 radical (unpaired) electrons. The highest BCUT2D eigenvalue weighted by Gasteiger charge is 2.19. The molecule has 0 spiro atoms. The van der Waals surface area contributed by atoms with E-state index < -0.39 is 4.92 Å². The Labute approximate surface area is 112 Å². The number of hydrogen-bond acceptors (Lipinski definition) is 5. The molecule has 1 fully saturated rings. The molecule has 1 aliphatic heterocycles. The minimum atomic E-state index is -0.430. The van der Waals surface area contributed by atoms with E-state index in [1.165, 1.54) is 12.5 Å². The van der Waals surface area contributed by atoms with Gasteiger partial charge in [-0.05, 0) is 39.3 Å². The van der Waals surface area contributed by atoms with Crippen LogP contribution >= 0.6 is 0 Å². The van der Waals surface area contributed by atoms with Gasteiger partial charge in [-0.15, -0.1) is 0 Å². The van der Waals surface area contributed by atoms with Gasteiger partial charge in [-0.25, -0.2) is 4.98 Å². The quantitative estimate of drug-likeness (QED) is 0.601. The number of aryl methyl sites for hydroxylation is 1. The molecule has 1 aromatic heterocycles. The molecule has 2 heterocycles. The van der Waals surface area contributed by atoms with E-state index >= 15 is 0 Å². The molecule has 0 bridgehead atoms. The van der Waals surface area contributed by atoms with Crippen LogP contribution in [0.25, 0.3) is 0 Å². The Balaban J connectivity index is 1.83. The van der Waals surface area contributed by atoms with Gasteiger partial charge in [0.05, 0.1) is 11.5 Å². The first-order valence-electron chi connectivity index (χ1n) is 6.49. The van der Waals surface area contributed by atoms with Gasteiger partial charge in [0.2, 0.25) is 5.88 Å². The summed E-state index contributed by atoms with van der Waals surface area (Å²) < 4.78 is 5.57. The smallest absolute Gasteiger partial charge is 0.290 e. The Bertz CT molecular complexity index is 464. The van der Waals surface area contributed by atoms with Crippen LogP contribution < -0.4 is 4.74 Å².